The molecule has 22 heavy (non-hydrogen) atoms. The van der Waals surface area contributed by atoms with Crippen LogP contribution in [-0.2, 0) is 9.47 Å². The number of hydrogen-bond acceptors (Lipinski definition) is 2. The smallest absolute Gasteiger partial charge is 0.130 e. The molecule has 0 N–H and O–H groups in total. The van der Waals surface area contributed by atoms with Crippen molar-refractivity contribution >= 4 is 0 Å². The maximum absolute atomic E-state index is 6.66. The molecule has 2 saturated heterocycles. The van der Waals surface area contributed by atoms with Crippen LogP contribution >= 0.6 is 0 Å². The first kappa shape index (κ1) is 14.3. The Morgan fingerprint density at radius 3 is 2.59 bits per heavy atom. The van der Waals surface area contributed by atoms with Gasteiger partial charge in [-0.3, -0.25) is 0 Å². The molecule has 0 radical (unpaired) electrons. The van der Waals surface area contributed by atoms with Crippen molar-refractivity contribution < 1.29 is 9.47 Å². The molecule has 0 amide bonds. The van der Waals surface area contributed by atoms with Gasteiger partial charge in [-0.1, -0.05) is 27.7 Å². The average molecular weight is 304 g/mol. The first-order chi connectivity index (χ1) is 10.3. The van der Waals surface area contributed by atoms with Crippen molar-refractivity contribution in [2.75, 3.05) is 0 Å². The number of epoxide rings is 2. The van der Waals surface area contributed by atoms with Crippen LogP contribution in [0.1, 0.15) is 73.1 Å². The summed E-state index contributed by atoms with van der Waals surface area (Å²) < 4.78 is 12.8. The predicted molar refractivity (Wildman–Crippen MR) is 86.6 cm³/mol. The van der Waals surface area contributed by atoms with E-state index >= 15 is 0 Å². The fourth-order valence-corrected chi connectivity index (χ4v) is 7.41. The van der Waals surface area contributed by atoms with Crippen molar-refractivity contribution in [3.8, 4) is 0 Å². The fourth-order valence-electron chi connectivity index (χ4n) is 7.41. The largest absolute Gasteiger partial charge is 0.363 e. The minimum absolute atomic E-state index is 0.0437. The van der Waals surface area contributed by atoms with Crippen LogP contribution in [0.4, 0.5) is 0 Å². The standard InChI is InChI=1S/C20H32O2/c1-12(2)14-8-9-17(4)11-20-18(5)16(21-18)10-19(20,22-20)13(3)6-7-15(14)17/h12-16H,6-11H2,1-5H3/t13-,14+,15-,16-,17+,18-,19+,20+/m0/s1. The summed E-state index contributed by atoms with van der Waals surface area (Å²) in [6.45, 7) is 12.2. The van der Waals surface area contributed by atoms with E-state index < -0.39 is 0 Å². The second-order valence-corrected chi connectivity index (χ2v) is 10.1. The predicted octanol–water partition coefficient (Wildman–Crippen LogP) is 4.56. The molecule has 5 fully saturated rings. The quantitative estimate of drug-likeness (QED) is 0.663. The third kappa shape index (κ3) is 1.34. The Bertz CT molecular complexity index is 530. The molecule has 3 aliphatic carbocycles. The summed E-state index contributed by atoms with van der Waals surface area (Å²) in [6, 6.07) is 0. The van der Waals surface area contributed by atoms with Gasteiger partial charge in [0, 0.05) is 6.42 Å². The Hall–Kier alpha value is -0.0800. The highest BCUT2D eigenvalue weighted by molar-refractivity contribution is 5.40. The van der Waals surface area contributed by atoms with Crippen molar-refractivity contribution in [1.82, 2.24) is 0 Å². The molecule has 2 heteroatoms. The van der Waals surface area contributed by atoms with Crippen molar-refractivity contribution in [1.29, 1.82) is 0 Å². The van der Waals surface area contributed by atoms with E-state index in [1.54, 1.807) is 0 Å². The van der Waals surface area contributed by atoms with Gasteiger partial charge in [-0.15, -0.1) is 0 Å². The summed E-state index contributed by atoms with van der Waals surface area (Å²) in [5, 5.41) is 0. The lowest BCUT2D eigenvalue weighted by Crippen LogP contribution is -2.45. The summed E-state index contributed by atoms with van der Waals surface area (Å²) in [6.07, 6.45) is 8.52. The van der Waals surface area contributed by atoms with Crippen molar-refractivity contribution in [2.24, 2.45) is 29.1 Å². The lowest BCUT2D eigenvalue weighted by Gasteiger charge is -2.41. The SMILES string of the molecule is CC(C)[C@H]1CC[C@]2(C)C[C@]34O[C@]3(C[C@@H]3O[C@@]34C)[C@@H](C)CC[C@@H]12. The zero-order valence-corrected chi connectivity index (χ0v) is 14.9. The van der Waals surface area contributed by atoms with Crippen LogP contribution in [0.25, 0.3) is 0 Å². The Morgan fingerprint density at radius 1 is 1.09 bits per heavy atom. The first-order valence-corrected chi connectivity index (χ1v) is 9.66. The summed E-state index contributed by atoms with van der Waals surface area (Å²) in [4.78, 5) is 0. The van der Waals surface area contributed by atoms with Gasteiger partial charge in [-0.05, 0) is 68.1 Å². The van der Waals surface area contributed by atoms with Crippen LogP contribution < -0.4 is 0 Å². The fraction of sp³-hybridized carbons (Fsp3) is 1.00. The number of ether oxygens (including phenoxy) is 2. The van der Waals surface area contributed by atoms with Crippen LogP contribution in [0, 0.1) is 29.1 Å². The van der Waals surface area contributed by atoms with E-state index in [9.17, 15) is 0 Å². The Labute approximate surface area is 135 Å². The zero-order chi connectivity index (χ0) is 15.5. The van der Waals surface area contributed by atoms with E-state index in [0.29, 0.717) is 17.4 Å². The second-order valence-electron chi connectivity index (χ2n) is 10.1. The summed E-state index contributed by atoms with van der Waals surface area (Å²) in [7, 11) is 0. The van der Waals surface area contributed by atoms with Gasteiger partial charge in [-0.2, -0.15) is 0 Å². The third-order valence-electron chi connectivity index (χ3n) is 8.91. The molecule has 5 rings (SSSR count). The Balaban J connectivity index is 1.54. The van der Waals surface area contributed by atoms with E-state index in [1.807, 2.05) is 0 Å². The van der Waals surface area contributed by atoms with Crippen LogP contribution in [0.3, 0.4) is 0 Å². The molecule has 2 aliphatic heterocycles. The molecule has 0 aromatic carbocycles. The van der Waals surface area contributed by atoms with Crippen molar-refractivity contribution in [2.45, 2.75) is 96.1 Å². The second kappa shape index (κ2) is 3.77. The minimum Gasteiger partial charge on any atom is -0.363 e. The van der Waals surface area contributed by atoms with E-state index in [1.165, 1.54) is 38.5 Å². The maximum Gasteiger partial charge on any atom is 0.130 e. The number of fused-ring (bicyclic) bond motifs is 2. The average Bonchev–Trinajstić information content (AvgIpc) is 3.22. The van der Waals surface area contributed by atoms with E-state index in [0.717, 1.165) is 17.8 Å². The maximum atomic E-state index is 6.66. The highest BCUT2D eigenvalue weighted by Gasteiger charge is 2.93. The normalized spacial score (nSPS) is 65.2. The molecular formula is C20H32O2. The molecule has 3 saturated carbocycles. The molecule has 0 spiro atoms. The molecule has 2 nitrogen and oxygen atoms in total. The van der Waals surface area contributed by atoms with Crippen LogP contribution in [-0.4, -0.2) is 22.9 Å². The van der Waals surface area contributed by atoms with Crippen LogP contribution in [0.2, 0.25) is 0 Å². The van der Waals surface area contributed by atoms with E-state index in [-0.39, 0.29) is 16.8 Å². The van der Waals surface area contributed by atoms with Gasteiger partial charge in [-0.25, -0.2) is 0 Å². The molecule has 8 atom stereocenters. The topological polar surface area (TPSA) is 25.1 Å². The third-order valence-corrected chi connectivity index (χ3v) is 8.91. The van der Waals surface area contributed by atoms with E-state index in [4.69, 9.17) is 9.47 Å². The van der Waals surface area contributed by atoms with Crippen molar-refractivity contribution in [3.63, 3.8) is 0 Å². The molecule has 0 bridgehead atoms. The summed E-state index contributed by atoms with van der Waals surface area (Å²) >= 11 is 0. The highest BCUT2D eigenvalue weighted by atomic mass is 16.7. The summed E-state index contributed by atoms with van der Waals surface area (Å²) in [5.74, 6) is 3.35. The Morgan fingerprint density at radius 2 is 1.86 bits per heavy atom. The van der Waals surface area contributed by atoms with Gasteiger partial charge in [0.05, 0.1) is 6.10 Å². The van der Waals surface area contributed by atoms with Crippen LogP contribution in [0.5, 0.6) is 0 Å². The molecule has 5 aliphatic rings. The molecule has 0 aromatic rings. The minimum atomic E-state index is 0.0437. The van der Waals surface area contributed by atoms with Gasteiger partial charge < -0.3 is 9.47 Å². The van der Waals surface area contributed by atoms with Gasteiger partial charge in [0.15, 0.2) is 0 Å². The van der Waals surface area contributed by atoms with Crippen molar-refractivity contribution in [3.05, 3.63) is 0 Å². The lowest BCUT2D eigenvalue weighted by molar-refractivity contribution is 0.0605. The molecule has 2 heterocycles. The van der Waals surface area contributed by atoms with Gasteiger partial charge in [0.25, 0.3) is 0 Å². The molecule has 0 unspecified atom stereocenters. The zero-order valence-electron chi connectivity index (χ0n) is 14.9. The van der Waals surface area contributed by atoms with E-state index in [2.05, 4.69) is 34.6 Å². The number of hydrogen-bond donors (Lipinski definition) is 0. The first-order valence-electron chi connectivity index (χ1n) is 9.66. The van der Waals surface area contributed by atoms with Gasteiger partial charge in [0.1, 0.15) is 16.8 Å². The molecular weight excluding hydrogens is 272 g/mol. The Kier molecular flexibility index (Phi) is 2.45. The van der Waals surface area contributed by atoms with Gasteiger partial charge >= 0.3 is 0 Å². The highest BCUT2D eigenvalue weighted by Crippen LogP contribution is 2.80. The monoisotopic (exact) mass is 304 g/mol. The number of rotatable bonds is 1. The molecule has 124 valence electrons. The van der Waals surface area contributed by atoms with Gasteiger partial charge in [0.2, 0.25) is 0 Å². The van der Waals surface area contributed by atoms with Crippen LogP contribution in [0.15, 0.2) is 0 Å². The summed E-state index contributed by atoms with van der Waals surface area (Å²) in [5.41, 5.74) is 0.751. The molecule has 0 aromatic heterocycles. The lowest BCUT2D eigenvalue weighted by atomic mass is 9.61.